The molecular weight excluding hydrogens is 497 g/mol. The van der Waals surface area contributed by atoms with E-state index >= 15 is 0 Å². The molecule has 198 valence electrons. The molecule has 3 N–H and O–H groups in total. The number of ether oxygens (including phenoxy) is 1. The molecule has 1 atom stereocenters. The summed E-state index contributed by atoms with van der Waals surface area (Å²) in [6.07, 6.45) is -5.21. The molecule has 0 unspecified atom stereocenters. The molecule has 13 heteroatoms. The molecule has 2 heterocycles. The highest BCUT2D eigenvalue weighted by Crippen LogP contribution is 2.39. The molecular formula is C23H31F3N6O3S. The number of hydrogen-bond acceptors (Lipinski definition) is 8. The molecule has 1 aliphatic heterocycles. The zero-order valence-electron chi connectivity index (χ0n) is 20.8. The lowest BCUT2D eigenvalue weighted by Gasteiger charge is -2.43. The number of halogens is 3. The van der Waals surface area contributed by atoms with E-state index in [4.69, 9.17) is 10.5 Å². The Bertz CT molecular complexity index is 1100. The predicted molar refractivity (Wildman–Crippen MR) is 133 cm³/mol. The highest BCUT2D eigenvalue weighted by Gasteiger charge is 2.40. The molecule has 2 amide bonds. The number of nitrogens with zero attached hydrogens (tertiary/aromatic N) is 4. The third kappa shape index (κ3) is 6.78. The van der Waals surface area contributed by atoms with Crippen molar-refractivity contribution in [2.24, 2.45) is 0 Å². The molecule has 0 saturated carbocycles. The largest absolute Gasteiger partial charge is 0.444 e. The molecule has 0 spiro atoms. The van der Waals surface area contributed by atoms with E-state index in [-0.39, 0.29) is 47.7 Å². The van der Waals surface area contributed by atoms with Crippen molar-refractivity contribution in [3.8, 4) is 0 Å². The second-order valence-electron chi connectivity index (χ2n) is 9.75. The SMILES string of the molecule is CN(C)C[C@@H]1CN(c2sc(C(F)(F)F)nc2C(=O)Nc2ccccc2N)CCN1C(=O)OC(C)(C)C. The first-order valence-corrected chi connectivity index (χ1v) is 12.1. The minimum absolute atomic E-state index is 0.0851. The van der Waals surface area contributed by atoms with Crippen molar-refractivity contribution in [3.05, 3.63) is 35.0 Å². The molecule has 1 aromatic carbocycles. The lowest BCUT2D eigenvalue weighted by Crippen LogP contribution is -2.59. The number of amides is 2. The molecule has 36 heavy (non-hydrogen) atoms. The number of carbonyl (C=O) groups excluding carboxylic acids is 2. The lowest BCUT2D eigenvalue weighted by atomic mass is 10.1. The maximum Gasteiger partial charge on any atom is 0.443 e. The van der Waals surface area contributed by atoms with Gasteiger partial charge in [-0.1, -0.05) is 23.5 Å². The summed E-state index contributed by atoms with van der Waals surface area (Å²) in [5, 5.41) is 1.52. The zero-order chi connectivity index (χ0) is 26.8. The second-order valence-corrected chi connectivity index (χ2v) is 10.7. The summed E-state index contributed by atoms with van der Waals surface area (Å²) >= 11 is 0.406. The first kappa shape index (κ1) is 27.5. The number of rotatable bonds is 5. The molecule has 0 radical (unpaired) electrons. The molecule has 0 bridgehead atoms. The van der Waals surface area contributed by atoms with E-state index in [9.17, 15) is 22.8 Å². The van der Waals surface area contributed by atoms with Crippen LogP contribution in [0.1, 0.15) is 36.3 Å². The number of thiazole rings is 1. The van der Waals surface area contributed by atoms with Crippen LogP contribution >= 0.6 is 11.3 Å². The van der Waals surface area contributed by atoms with Gasteiger partial charge in [0.05, 0.1) is 17.4 Å². The number of alkyl halides is 3. The van der Waals surface area contributed by atoms with Gasteiger partial charge < -0.3 is 30.5 Å². The number of carbonyl (C=O) groups is 2. The topological polar surface area (TPSA) is 104 Å². The Hall–Kier alpha value is -3.06. The molecule has 2 aromatic rings. The van der Waals surface area contributed by atoms with Crippen LogP contribution in [-0.2, 0) is 10.9 Å². The smallest absolute Gasteiger partial charge is 0.443 e. The van der Waals surface area contributed by atoms with Crippen molar-refractivity contribution in [1.82, 2.24) is 14.8 Å². The number of anilines is 3. The van der Waals surface area contributed by atoms with Crippen molar-refractivity contribution in [1.29, 1.82) is 0 Å². The Balaban J connectivity index is 1.92. The van der Waals surface area contributed by atoms with E-state index in [2.05, 4.69) is 10.3 Å². The average molecular weight is 529 g/mol. The summed E-state index contributed by atoms with van der Waals surface area (Å²) in [6, 6.07) is 6.06. The predicted octanol–water partition coefficient (Wildman–Crippen LogP) is 3.98. The molecule has 9 nitrogen and oxygen atoms in total. The number of nitrogens with one attached hydrogen (secondary N) is 1. The third-order valence-corrected chi connectivity index (χ3v) is 6.41. The van der Waals surface area contributed by atoms with Crippen LogP contribution < -0.4 is 16.0 Å². The fourth-order valence-electron chi connectivity index (χ4n) is 3.77. The molecule has 1 aromatic heterocycles. The van der Waals surface area contributed by atoms with Crippen LogP contribution in [0.25, 0.3) is 0 Å². The Kier molecular flexibility index (Phi) is 8.04. The fourth-order valence-corrected chi connectivity index (χ4v) is 4.73. The lowest BCUT2D eigenvalue weighted by molar-refractivity contribution is -0.137. The number of aromatic nitrogens is 1. The van der Waals surface area contributed by atoms with Crippen molar-refractivity contribution in [2.45, 2.75) is 38.6 Å². The second kappa shape index (κ2) is 10.5. The normalized spacial score (nSPS) is 16.9. The summed E-state index contributed by atoms with van der Waals surface area (Å²) in [7, 11) is 3.67. The Labute approximate surface area is 212 Å². The summed E-state index contributed by atoms with van der Waals surface area (Å²) in [5.74, 6) is -0.798. The van der Waals surface area contributed by atoms with E-state index < -0.39 is 28.8 Å². The number of nitrogen functional groups attached to an aromatic ring is 1. The molecule has 1 aliphatic rings. The minimum Gasteiger partial charge on any atom is -0.444 e. The van der Waals surface area contributed by atoms with Crippen LogP contribution in [0.15, 0.2) is 24.3 Å². The van der Waals surface area contributed by atoms with Crippen molar-refractivity contribution in [3.63, 3.8) is 0 Å². The quantitative estimate of drug-likeness (QED) is 0.566. The first-order chi connectivity index (χ1) is 16.7. The molecule has 3 rings (SSSR count). The van der Waals surface area contributed by atoms with Crippen LogP contribution in [0.3, 0.4) is 0 Å². The Morgan fingerprint density at radius 2 is 1.89 bits per heavy atom. The van der Waals surface area contributed by atoms with Gasteiger partial charge in [0.15, 0.2) is 5.69 Å². The summed E-state index contributed by atoms with van der Waals surface area (Å²) in [4.78, 5) is 34.7. The summed E-state index contributed by atoms with van der Waals surface area (Å²) in [5.41, 5.74) is 5.39. The van der Waals surface area contributed by atoms with E-state index in [0.717, 1.165) is 0 Å². The fraction of sp³-hybridized carbons (Fsp3) is 0.522. The van der Waals surface area contributed by atoms with Gasteiger partial charge in [0.25, 0.3) is 5.91 Å². The number of piperazine rings is 1. The average Bonchev–Trinajstić information content (AvgIpc) is 3.20. The first-order valence-electron chi connectivity index (χ1n) is 11.3. The van der Waals surface area contributed by atoms with Gasteiger partial charge in [-0.15, -0.1) is 0 Å². The highest BCUT2D eigenvalue weighted by atomic mass is 32.1. The standard InChI is InChI=1S/C23H31F3N6O3S/c1-22(2,3)35-21(34)32-11-10-31(13-14(32)12-30(4)5)19-17(29-20(36-19)23(24,25)26)18(33)28-16-9-7-6-8-15(16)27/h6-9,14H,10-13,27H2,1-5H3,(H,28,33)/t14-/m1/s1. The Morgan fingerprint density at radius 3 is 2.47 bits per heavy atom. The molecule has 0 aliphatic carbocycles. The van der Waals surface area contributed by atoms with Gasteiger partial charge >= 0.3 is 12.3 Å². The minimum atomic E-state index is -4.72. The number of benzene rings is 1. The van der Waals surface area contributed by atoms with Gasteiger partial charge in [0, 0.05) is 26.2 Å². The number of likely N-dealkylation sites (N-methyl/N-ethyl adjacent to an activating group) is 1. The van der Waals surface area contributed by atoms with E-state index in [1.54, 1.807) is 54.8 Å². The van der Waals surface area contributed by atoms with Crippen LogP contribution in [0.2, 0.25) is 0 Å². The van der Waals surface area contributed by atoms with E-state index in [0.29, 0.717) is 17.9 Å². The van der Waals surface area contributed by atoms with E-state index in [1.165, 1.54) is 0 Å². The van der Waals surface area contributed by atoms with Crippen molar-refractivity contribution in [2.75, 3.05) is 56.2 Å². The van der Waals surface area contributed by atoms with Gasteiger partial charge in [-0.05, 0) is 47.0 Å². The summed E-state index contributed by atoms with van der Waals surface area (Å²) in [6.45, 7) is 6.36. The monoisotopic (exact) mass is 528 g/mol. The number of nitrogens with two attached hydrogens (primary N) is 1. The number of hydrogen-bond donors (Lipinski definition) is 2. The highest BCUT2D eigenvalue weighted by molar-refractivity contribution is 7.16. The maximum atomic E-state index is 13.6. The number of para-hydroxylation sites is 2. The third-order valence-electron chi connectivity index (χ3n) is 5.25. The van der Waals surface area contributed by atoms with Crippen LogP contribution in [0, 0.1) is 0 Å². The van der Waals surface area contributed by atoms with Crippen LogP contribution in [0.4, 0.5) is 34.3 Å². The summed E-state index contributed by atoms with van der Waals surface area (Å²) < 4.78 is 46.3. The maximum absolute atomic E-state index is 13.6. The van der Waals surface area contributed by atoms with Gasteiger partial charge in [-0.2, -0.15) is 13.2 Å². The van der Waals surface area contributed by atoms with Crippen molar-refractivity contribution >= 4 is 39.7 Å². The van der Waals surface area contributed by atoms with Crippen LogP contribution in [0.5, 0.6) is 0 Å². The molecule has 1 fully saturated rings. The van der Waals surface area contributed by atoms with E-state index in [1.807, 2.05) is 19.0 Å². The zero-order valence-corrected chi connectivity index (χ0v) is 21.7. The Morgan fingerprint density at radius 1 is 1.22 bits per heavy atom. The van der Waals surface area contributed by atoms with Crippen molar-refractivity contribution < 1.29 is 27.5 Å². The van der Waals surface area contributed by atoms with Gasteiger partial charge in [-0.25, -0.2) is 9.78 Å². The van der Waals surface area contributed by atoms with Gasteiger partial charge in [0.2, 0.25) is 5.01 Å². The molecule has 1 saturated heterocycles. The van der Waals surface area contributed by atoms with Gasteiger partial charge in [0.1, 0.15) is 10.6 Å². The van der Waals surface area contributed by atoms with Crippen LogP contribution in [-0.4, -0.2) is 78.7 Å². The van der Waals surface area contributed by atoms with Gasteiger partial charge in [-0.3, -0.25) is 4.79 Å².